The van der Waals surface area contributed by atoms with Crippen LogP contribution in [0.4, 0.5) is 0 Å². The zero-order valence-corrected chi connectivity index (χ0v) is 17.3. The first kappa shape index (κ1) is 20.5. The summed E-state index contributed by atoms with van der Waals surface area (Å²) in [5, 5.41) is 0. The average Bonchev–Trinajstić information content (AvgIpc) is 2.72. The SMILES string of the molecule is COC(=O)c1cc(C)cc(OCC(C)Oc2ccc(-c3ccc(C)cc3)cc2)c1. The minimum Gasteiger partial charge on any atom is -0.490 e. The Labute approximate surface area is 172 Å². The Bertz CT molecular complexity index is 959. The van der Waals surface area contributed by atoms with Crippen molar-refractivity contribution in [3.63, 3.8) is 0 Å². The predicted molar refractivity (Wildman–Crippen MR) is 115 cm³/mol. The summed E-state index contributed by atoms with van der Waals surface area (Å²) in [6.45, 7) is 6.31. The molecule has 0 amide bonds. The van der Waals surface area contributed by atoms with Crippen LogP contribution in [0.15, 0.2) is 66.7 Å². The third kappa shape index (κ3) is 5.61. The molecule has 4 heteroatoms. The highest BCUT2D eigenvalue weighted by Crippen LogP contribution is 2.24. The van der Waals surface area contributed by atoms with Crippen molar-refractivity contribution in [2.75, 3.05) is 13.7 Å². The van der Waals surface area contributed by atoms with E-state index in [0.717, 1.165) is 16.9 Å². The van der Waals surface area contributed by atoms with Crippen molar-refractivity contribution in [1.82, 2.24) is 0 Å². The number of ether oxygens (including phenoxy) is 3. The van der Waals surface area contributed by atoms with Gasteiger partial charge in [0.05, 0.1) is 12.7 Å². The number of aryl methyl sites for hydroxylation is 2. The van der Waals surface area contributed by atoms with Gasteiger partial charge >= 0.3 is 5.97 Å². The number of carbonyl (C=O) groups excluding carboxylic acids is 1. The standard InChI is InChI=1S/C25H26O4/c1-17-5-7-20(8-6-17)21-9-11-23(12-10-21)29-19(3)16-28-24-14-18(2)13-22(15-24)25(26)27-4/h5-15,19H,16H2,1-4H3. The van der Waals surface area contributed by atoms with Crippen LogP contribution >= 0.6 is 0 Å². The summed E-state index contributed by atoms with van der Waals surface area (Å²) in [5.41, 5.74) is 4.98. The molecule has 0 saturated heterocycles. The lowest BCUT2D eigenvalue weighted by molar-refractivity contribution is 0.0600. The topological polar surface area (TPSA) is 44.8 Å². The molecular formula is C25H26O4. The molecule has 0 aliphatic heterocycles. The number of methoxy groups -OCH3 is 1. The van der Waals surface area contributed by atoms with E-state index in [1.165, 1.54) is 18.2 Å². The Balaban J connectivity index is 1.58. The second kappa shape index (κ2) is 9.28. The predicted octanol–water partition coefficient (Wildman–Crippen LogP) is 5.60. The fraction of sp³-hybridized carbons (Fsp3) is 0.240. The minimum atomic E-state index is -0.378. The number of benzene rings is 3. The van der Waals surface area contributed by atoms with Gasteiger partial charge < -0.3 is 14.2 Å². The maximum Gasteiger partial charge on any atom is 0.337 e. The number of esters is 1. The van der Waals surface area contributed by atoms with Gasteiger partial charge in [0.25, 0.3) is 0 Å². The van der Waals surface area contributed by atoms with Gasteiger partial charge in [0, 0.05) is 0 Å². The van der Waals surface area contributed by atoms with Crippen molar-refractivity contribution in [3.05, 3.63) is 83.4 Å². The Morgan fingerprint density at radius 2 is 1.45 bits per heavy atom. The van der Waals surface area contributed by atoms with Crippen LogP contribution < -0.4 is 9.47 Å². The van der Waals surface area contributed by atoms with E-state index in [0.29, 0.717) is 17.9 Å². The van der Waals surface area contributed by atoms with Crippen LogP contribution in [0, 0.1) is 13.8 Å². The second-order valence-corrected chi connectivity index (χ2v) is 7.16. The second-order valence-electron chi connectivity index (χ2n) is 7.16. The zero-order valence-electron chi connectivity index (χ0n) is 17.3. The monoisotopic (exact) mass is 390 g/mol. The third-order valence-electron chi connectivity index (χ3n) is 4.53. The maximum atomic E-state index is 11.7. The van der Waals surface area contributed by atoms with E-state index in [1.807, 2.05) is 32.0 Å². The van der Waals surface area contributed by atoms with Gasteiger partial charge in [-0.05, 0) is 67.8 Å². The van der Waals surface area contributed by atoms with Crippen molar-refractivity contribution < 1.29 is 19.0 Å². The van der Waals surface area contributed by atoms with Gasteiger partial charge in [0.15, 0.2) is 0 Å². The normalized spacial score (nSPS) is 11.6. The number of hydrogen-bond donors (Lipinski definition) is 0. The van der Waals surface area contributed by atoms with Crippen molar-refractivity contribution in [1.29, 1.82) is 0 Å². The molecule has 0 aliphatic rings. The van der Waals surface area contributed by atoms with Gasteiger partial charge in [0.2, 0.25) is 0 Å². The van der Waals surface area contributed by atoms with Gasteiger partial charge in [-0.1, -0.05) is 42.0 Å². The summed E-state index contributed by atoms with van der Waals surface area (Å²) in [5.74, 6) is 1.03. The zero-order chi connectivity index (χ0) is 20.8. The quantitative estimate of drug-likeness (QED) is 0.492. The molecule has 0 aromatic heterocycles. The molecule has 3 rings (SSSR count). The van der Waals surface area contributed by atoms with Crippen LogP contribution in [-0.2, 0) is 4.74 Å². The maximum absolute atomic E-state index is 11.7. The van der Waals surface area contributed by atoms with Crippen LogP contribution in [-0.4, -0.2) is 25.8 Å². The van der Waals surface area contributed by atoms with E-state index in [1.54, 1.807) is 12.1 Å². The summed E-state index contributed by atoms with van der Waals surface area (Å²) in [6.07, 6.45) is -0.151. The molecule has 3 aromatic carbocycles. The fourth-order valence-corrected chi connectivity index (χ4v) is 3.02. The molecule has 3 aromatic rings. The van der Waals surface area contributed by atoms with Crippen LogP contribution in [0.1, 0.15) is 28.4 Å². The summed E-state index contributed by atoms with van der Waals surface area (Å²) in [6, 6.07) is 21.8. The molecule has 150 valence electrons. The van der Waals surface area contributed by atoms with Gasteiger partial charge in [0.1, 0.15) is 24.2 Å². The van der Waals surface area contributed by atoms with E-state index in [2.05, 4.69) is 43.3 Å². The minimum absolute atomic E-state index is 0.151. The highest BCUT2D eigenvalue weighted by atomic mass is 16.5. The Kier molecular flexibility index (Phi) is 6.55. The Morgan fingerprint density at radius 1 is 0.828 bits per heavy atom. The summed E-state index contributed by atoms with van der Waals surface area (Å²) in [4.78, 5) is 11.7. The van der Waals surface area contributed by atoms with Crippen LogP contribution in [0.5, 0.6) is 11.5 Å². The summed E-state index contributed by atoms with van der Waals surface area (Å²) in [7, 11) is 1.37. The lowest BCUT2D eigenvalue weighted by Crippen LogP contribution is -2.21. The largest absolute Gasteiger partial charge is 0.490 e. The highest BCUT2D eigenvalue weighted by Gasteiger charge is 2.10. The van der Waals surface area contributed by atoms with Crippen LogP contribution in [0.3, 0.4) is 0 Å². The number of rotatable bonds is 7. The molecule has 0 radical (unpaired) electrons. The van der Waals surface area contributed by atoms with Crippen molar-refractivity contribution in [3.8, 4) is 22.6 Å². The Hall–Kier alpha value is -3.27. The van der Waals surface area contributed by atoms with Crippen LogP contribution in [0.2, 0.25) is 0 Å². The molecule has 0 heterocycles. The van der Waals surface area contributed by atoms with Crippen molar-refractivity contribution in [2.45, 2.75) is 26.9 Å². The fourth-order valence-electron chi connectivity index (χ4n) is 3.02. The molecule has 29 heavy (non-hydrogen) atoms. The van der Waals surface area contributed by atoms with Gasteiger partial charge in [-0.3, -0.25) is 0 Å². The van der Waals surface area contributed by atoms with Gasteiger partial charge in [-0.2, -0.15) is 0 Å². The lowest BCUT2D eigenvalue weighted by atomic mass is 10.0. The molecule has 0 N–H and O–H groups in total. The van der Waals surface area contributed by atoms with Crippen molar-refractivity contribution >= 4 is 5.97 Å². The number of hydrogen-bond acceptors (Lipinski definition) is 4. The molecule has 0 spiro atoms. The molecule has 0 bridgehead atoms. The summed E-state index contributed by atoms with van der Waals surface area (Å²) >= 11 is 0. The van der Waals surface area contributed by atoms with E-state index < -0.39 is 0 Å². The molecule has 1 unspecified atom stereocenters. The van der Waals surface area contributed by atoms with Crippen LogP contribution in [0.25, 0.3) is 11.1 Å². The van der Waals surface area contributed by atoms with Gasteiger partial charge in [-0.15, -0.1) is 0 Å². The van der Waals surface area contributed by atoms with E-state index in [4.69, 9.17) is 14.2 Å². The number of carbonyl (C=O) groups is 1. The van der Waals surface area contributed by atoms with E-state index in [9.17, 15) is 4.79 Å². The molecule has 4 nitrogen and oxygen atoms in total. The van der Waals surface area contributed by atoms with E-state index in [-0.39, 0.29) is 12.1 Å². The van der Waals surface area contributed by atoms with Gasteiger partial charge in [-0.25, -0.2) is 4.79 Å². The lowest BCUT2D eigenvalue weighted by Gasteiger charge is -2.16. The summed E-state index contributed by atoms with van der Waals surface area (Å²) < 4.78 is 16.6. The molecular weight excluding hydrogens is 364 g/mol. The molecule has 0 saturated carbocycles. The third-order valence-corrected chi connectivity index (χ3v) is 4.53. The van der Waals surface area contributed by atoms with Crippen molar-refractivity contribution in [2.24, 2.45) is 0 Å². The first-order valence-electron chi connectivity index (χ1n) is 9.61. The Morgan fingerprint density at radius 3 is 2.07 bits per heavy atom. The molecule has 0 fully saturated rings. The first-order chi connectivity index (χ1) is 13.9. The molecule has 0 aliphatic carbocycles. The van der Waals surface area contributed by atoms with E-state index >= 15 is 0 Å². The smallest absolute Gasteiger partial charge is 0.337 e. The first-order valence-corrected chi connectivity index (χ1v) is 9.61. The molecule has 1 atom stereocenters. The average molecular weight is 390 g/mol. The highest BCUT2D eigenvalue weighted by molar-refractivity contribution is 5.90.